The summed E-state index contributed by atoms with van der Waals surface area (Å²) in [6.07, 6.45) is 4.29. The quantitative estimate of drug-likeness (QED) is 0.687. The van der Waals surface area contributed by atoms with Crippen molar-refractivity contribution in [3.63, 3.8) is 0 Å². The van der Waals surface area contributed by atoms with Gasteiger partial charge in [-0.3, -0.25) is 0 Å². The Morgan fingerprint density at radius 3 is 2.36 bits per heavy atom. The van der Waals surface area contributed by atoms with Crippen LogP contribution >= 0.6 is 0 Å². The van der Waals surface area contributed by atoms with E-state index in [4.69, 9.17) is 0 Å². The van der Waals surface area contributed by atoms with Gasteiger partial charge in [0.15, 0.2) is 0 Å². The monoisotopic (exact) mass is 179 g/mol. The van der Waals surface area contributed by atoms with E-state index < -0.39 is 10.0 Å². The van der Waals surface area contributed by atoms with Crippen LogP contribution in [-0.2, 0) is 10.0 Å². The third-order valence-corrected chi connectivity index (χ3v) is 2.24. The van der Waals surface area contributed by atoms with Gasteiger partial charge in [-0.15, -0.1) is 0 Å². The second-order valence-electron chi connectivity index (χ2n) is 2.93. The van der Waals surface area contributed by atoms with Crippen LogP contribution in [0.5, 0.6) is 0 Å². The molecule has 1 N–H and O–H groups in total. The molecule has 0 bridgehead atoms. The van der Waals surface area contributed by atoms with Crippen molar-refractivity contribution in [3.8, 4) is 0 Å². The number of hydrogen-bond acceptors (Lipinski definition) is 2. The molecule has 0 unspecified atom stereocenters. The SMILES string of the molecule is CCCC[C@H](C)NS(C)(=O)=O. The van der Waals surface area contributed by atoms with E-state index in [1.54, 1.807) is 0 Å². The summed E-state index contributed by atoms with van der Waals surface area (Å²) in [5.41, 5.74) is 0. The summed E-state index contributed by atoms with van der Waals surface area (Å²) in [5, 5.41) is 0. The minimum absolute atomic E-state index is 0.0740. The van der Waals surface area contributed by atoms with Crippen molar-refractivity contribution in [3.05, 3.63) is 0 Å². The summed E-state index contributed by atoms with van der Waals surface area (Å²) in [6.45, 7) is 3.98. The molecule has 0 saturated carbocycles. The van der Waals surface area contributed by atoms with Gasteiger partial charge in [0.1, 0.15) is 0 Å². The predicted molar refractivity (Wildman–Crippen MR) is 47.0 cm³/mol. The third kappa shape index (κ3) is 7.81. The maximum absolute atomic E-state index is 10.7. The van der Waals surface area contributed by atoms with Crippen molar-refractivity contribution in [2.24, 2.45) is 0 Å². The summed E-state index contributed by atoms with van der Waals surface area (Å²) in [6, 6.07) is 0.0740. The Bertz CT molecular complexity index is 187. The molecule has 0 amide bonds. The van der Waals surface area contributed by atoms with E-state index in [-0.39, 0.29) is 6.04 Å². The second kappa shape index (κ2) is 4.72. The van der Waals surface area contributed by atoms with E-state index in [0.29, 0.717) is 0 Å². The van der Waals surface area contributed by atoms with E-state index in [1.165, 1.54) is 6.26 Å². The van der Waals surface area contributed by atoms with Gasteiger partial charge in [-0.1, -0.05) is 19.8 Å². The van der Waals surface area contributed by atoms with Gasteiger partial charge < -0.3 is 0 Å². The fourth-order valence-corrected chi connectivity index (χ4v) is 1.78. The maximum Gasteiger partial charge on any atom is 0.208 e. The first-order valence-electron chi connectivity index (χ1n) is 3.93. The predicted octanol–water partition coefficient (Wildman–Crippen LogP) is 1.11. The Balaban J connectivity index is 3.61. The average molecular weight is 179 g/mol. The molecule has 0 rings (SSSR count). The highest BCUT2D eigenvalue weighted by Crippen LogP contribution is 1.99. The zero-order chi connectivity index (χ0) is 8.91. The average Bonchev–Trinajstić information content (AvgIpc) is 1.79. The van der Waals surface area contributed by atoms with Gasteiger partial charge in [0, 0.05) is 6.04 Å². The number of unbranched alkanes of at least 4 members (excludes halogenated alkanes) is 1. The molecule has 4 heteroatoms. The number of rotatable bonds is 5. The molecular formula is C7H17NO2S. The van der Waals surface area contributed by atoms with Crippen molar-refractivity contribution < 1.29 is 8.42 Å². The van der Waals surface area contributed by atoms with E-state index in [0.717, 1.165) is 19.3 Å². The molecule has 0 aromatic carbocycles. The minimum atomic E-state index is -3.00. The zero-order valence-electron chi connectivity index (χ0n) is 7.42. The highest BCUT2D eigenvalue weighted by Gasteiger charge is 2.06. The zero-order valence-corrected chi connectivity index (χ0v) is 8.24. The van der Waals surface area contributed by atoms with Crippen molar-refractivity contribution in [2.75, 3.05) is 6.26 Å². The van der Waals surface area contributed by atoms with E-state index in [2.05, 4.69) is 11.6 Å². The molecule has 11 heavy (non-hydrogen) atoms. The Labute approximate surface area is 69.2 Å². The van der Waals surface area contributed by atoms with Crippen molar-refractivity contribution in [1.29, 1.82) is 0 Å². The normalized spacial score (nSPS) is 14.8. The van der Waals surface area contributed by atoms with Gasteiger partial charge in [-0.05, 0) is 13.3 Å². The molecule has 0 saturated heterocycles. The van der Waals surface area contributed by atoms with Gasteiger partial charge >= 0.3 is 0 Å². The van der Waals surface area contributed by atoms with Gasteiger partial charge in [0.25, 0.3) is 0 Å². The molecule has 0 aliphatic rings. The third-order valence-electron chi connectivity index (χ3n) is 1.41. The molecule has 68 valence electrons. The van der Waals surface area contributed by atoms with Crippen LogP contribution in [0.15, 0.2) is 0 Å². The van der Waals surface area contributed by atoms with Crippen LogP contribution < -0.4 is 4.72 Å². The van der Waals surface area contributed by atoms with Gasteiger partial charge in [-0.2, -0.15) is 0 Å². The van der Waals surface area contributed by atoms with Crippen LogP contribution in [0.3, 0.4) is 0 Å². The highest BCUT2D eigenvalue weighted by atomic mass is 32.2. The van der Waals surface area contributed by atoms with E-state index in [9.17, 15) is 8.42 Å². The molecule has 0 heterocycles. The van der Waals surface area contributed by atoms with Crippen molar-refractivity contribution >= 4 is 10.0 Å². The van der Waals surface area contributed by atoms with Crippen molar-refractivity contribution in [2.45, 2.75) is 39.2 Å². The van der Waals surface area contributed by atoms with Gasteiger partial charge in [0.2, 0.25) is 10.0 Å². The van der Waals surface area contributed by atoms with Crippen LogP contribution in [0.2, 0.25) is 0 Å². The lowest BCUT2D eigenvalue weighted by Gasteiger charge is -2.10. The lowest BCUT2D eigenvalue weighted by Crippen LogP contribution is -2.31. The first-order valence-corrected chi connectivity index (χ1v) is 5.82. The minimum Gasteiger partial charge on any atom is -0.213 e. The first-order chi connectivity index (χ1) is 4.95. The van der Waals surface area contributed by atoms with Crippen molar-refractivity contribution in [1.82, 2.24) is 4.72 Å². The molecule has 0 spiro atoms. The number of nitrogens with one attached hydrogen (secondary N) is 1. The lowest BCUT2D eigenvalue weighted by molar-refractivity contribution is 0.538. The van der Waals surface area contributed by atoms with Crippen LogP contribution in [0.1, 0.15) is 33.1 Å². The van der Waals surface area contributed by atoms with Gasteiger partial charge in [0.05, 0.1) is 6.26 Å². The molecule has 0 radical (unpaired) electrons. The molecule has 3 nitrogen and oxygen atoms in total. The van der Waals surface area contributed by atoms with Gasteiger partial charge in [-0.25, -0.2) is 13.1 Å². The molecule has 0 fully saturated rings. The second-order valence-corrected chi connectivity index (χ2v) is 4.71. The van der Waals surface area contributed by atoms with E-state index >= 15 is 0 Å². The fourth-order valence-electron chi connectivity index (χ4n) is 0.935. The molecule has 0 aliphatic carbocycles. The highest BCUT2D eigenvalue weighted by molar-refractivity contribution is 7.88. The molecule has 0 aliphatic heterocycles. The fraction of sp³-hybridized carbons (Fsp3) is 1.00. The smallest absolute Gasteiger partial charge is 0.208 e. The molecule has 0 aromatic rings. The molecular weight excluding hydrogens is 162 g/mol. The number of sulfonamides is 1. The van der Waals surface area contributed by atoms with Crippen LogP contribution in [0.4, 0.5) is 0 Å². The molecule has 1 atom stereocenters. The number of hydrogen-bond donors (Lipinski definition) is 1. The van der Waals surface area contributed by atoms with Crippen LogP contribution in [-0.4, -0.2) is 20.7 Å². The summed E-state index contributed by atoms with van der Waals surface area (Å²) in [5.74, 6) is 0. The van der Waals surface area contributed by atoms with Crippen LogP contribution in [0.25, 0.3) is 0 Å². The lowest BCUT2D eigenvalue weighted by atomic mass is 10.2. The Morgan fingerprint density at radius 2 is 2.00 bits per heavy atom. The summed E-state index contributed by atoms with van der Waals surface area (Å²) in [7, 11) is -3.00. The first kappa shape index (κ1) is 10.9. The molecule has 0 aromatic heterocycles. The summed E-state index contributed by atoms with van der Waals surface area (Å²) < 4.78 is 23.9. The Morgan fingerprint density at radius 1 is 1.45 bits per heavy atom. The topological polar surface area (TPSA) is 46.2 Å². The largest absolute Gasteiger partial charge is 0.213 e. The standard InChI is InChI=1S/C7H17NO2S/c1-4-5-6-7(2)8-11(3,9)10/h7-8H,4-6H2,1-3H3/t7-/m0/s1. The summed E-state index contributed by atoms with van der Waals surface area (Å²) in [4.78, 5) is 0. The summed E-state index contributed by atoms with van der Waals surface area (Å²) >= 11 is 0. The Kier molecular flexibility index (Phi) is 4.68. The maximum atomic E-state index is 10.7. The Hall–Kier alpha value is -0.0900. The van der Waals surface area contributed by atoms with Crippen LogP contribution in [0, 0.1) is 0 Å². The van der Waals surface area contributed by atoms with E-state index in [1.807, 2.05) is 6.92 Å².